The van der Waals surface area contributed by atoms with Crippen molar-refractivity contribution in [1.29, 1.82) is 0 Å². The topological polar surface area (TPSA) is 72.6 Å². The summed E-state index contributed by atoms with van der Waals surface area (Å²) in [5, 5.41) is 12.8. The van der Waals surface area contributed by atoms with Crippen LogP contribution in [0.4, 0.5) is 0 Å². The number of nitrogens with zero attached hydrogens (tertiary/aromatic N) is 1. The zero-order chi connectivity index (χ0) is 15.6. The Hall–Kier alpha value is -2.30. The first-order valence-corrected chi connectivity index (χ1v) is 6.78. The normalized spacial score (nSPS) is 11.4. The molecule has 0 spiro atoms. The maximum absolute atomic E-state index is 10.9. The first kappa shape index (κ1) is 15.1. The number of hydrogen-bond donors (Lipinski definition) is 1. The van der Waals surface area contributed by atoms with Crippen molar-refractivity contribution in [1.82, 2.24) is 5.16 Å². The van der Waals surface area contributed by atoms with Crippen LogP contribution < -0.4 is 4.74 Å². The molecule has 2 rings (SSSR count). The predicted octanol–water partition coefficient (Wildman–Crippen LogP) is 3.74. The second-order valence-corrected chi connectivity index (χ2v) is 5.53. The molecule has 0 unspecified atom stereocenters. The third-order valence-electron chi connectivity index (χ3n) is 3.86. The summed E-state index contributed by atoms with van der Waals surface area (Å²) in [6.07, 6.45) is 0.984. The second-order valence-electron chi connectivity index (χ2n) is 5.53. The predicted molar refractivity (Wildman–Crippen MR) is 78.8 cm³/mol. The summed E-state index contributed by atoms with van der Waals surface area (Å²) in [6, 6.07) is 7.27. The van der Waals surface area contributed by atoms with Gasteiger partial charge < -0.3 is 14.4 Å². The van der Waals surface area contributed by atoms with Gasteiger partial charge in [0.05, 0.1) is 7.11 Å². The van der Waals surface area contributed by atoms with Crippen molar-refractivity contribution in [2.24, 2.45) is 0 Å². The fourth-order valence-corrected chi connectivity index (χ4v) is 2.04. The molecule has 0 bridgehead atoms. The van der Waals surface area contributed by atoms with Crippen molar-refractivity contribution in [2.75, 3.05) is 7.11 Å². The standard InChI is InChI=1S/C16H19NO4/c1-5-16(2,3)10-6-7-13(20-4)11(8-10)12-9-14(15(18)19)21-17-12/h6-9H,5H2,1-4H3,(H,18,19). The summed E-state index contributed by atoms with van der Waals surface area (Å²) in [7, 11) is 1.57. The van der Waals surface area contributed by atoms with Crippen LogP contribution in [0, 0.1) is 0 Å². The van der Waals surface area contributed by atoms with E-state index in [9.17, 15) is 4.79 Å². The van der Waals surface area contributed by atoms with Crippen LogP contribution in [0.25, 0.3) is 11.3 Å². The summed E-state index contributed by atoms with van der Waals surface area (Å²) in [6.45, 7) is 6.44. The Morgan fingerprint density at radius 3 is 2.62 bits per heavy atom. The highest BCUT2D eigenvalue weighted by Crippen LogP contribution is 2.35. The second kappa shape index (κ2) is 5.60. The summed E-state index contributed by atoms with van der Waals surface area (Å²) in [4.78, 5) is 10.9. The van der Waals surface area contributed by atoms with Crippen LogP contribution >= 0.6 is 0 Å². The van der Waals surface area contributed by atoms with E-state index in [0.29, 0.717) is 11.4 Å². The van der Waals surface area contributed by atoms with E-state index in [1.165, 1.54) is 6.07 Å². The number of carboxylic acid groups (broad SMARTS) is 1. The first-order valence-electron chi connectivity index (χ1n) is 6.78. The van der Waals surface area contributed by atoms with Crippen LogP contribution in [-0.4, -0.2) is 23.3 Å². The van der Waals surface area contributed by atoms with E-state index in [0.717, 1.165) is 17.5 Å². The minimum absolute atomic E-state index is 0.0143. The molecule has 0 saturated carbocycles. The molecule has 0 atom stereocenters. The van der Waals surface area contributed by atoms with Gasteiger partial charge in [0.25, 0.3) is 0 Å². The molecule has 2 aromatic rings. The lowest BCUT2D eigenvalue weighted by Crippen LogP contribution is -2.15. The Balaban J connectivity index is 2.54. The first-order chi connectivity index (χ1) is 9.89. The minimum atomic E-state index is -1.14. The van der Waals surface area contributed by atoms with E-state index in [-0.39, 0.29) is 11.2 Å². The van der Waals surface area contributed by atoms with E-state index in [1.54, 1.807) is 7.11 Å². The van der Waals surface area contributed by atoms with E-state index in [2.05, 4.69) is 25.9 Å². The highest BCUT2D eigenvalue weighted by molar-refractivity contribution is 5.86. The number of ether oxygens (including phenoxy) is 1. The average molecular weight is 289 g/mol. The van der Waals surface area contributed by atoms with Gasteiger partial charge in [-0.3, -0.25) is 0 Å². The van der Waals surface area contributed by atoms with E-state index in [4.69, 9.17) is 14.4 Å². The Kier molecular flexibility index (Phi) is 4.02. The number of hydrogen-bond acceptors (Lipinski definition) is 4. The Bertz CT molecular complexity index is 658. The quantitative estimate of drug-likeness (QED) is 0.907. The van der Waals surface area contributed by atoms with E-state index < -0.39 is 5.97 Å². The SMILES string of the molecule is CCC(C)(C)c1ccc(OC)c(-c2cc(C(=O)O)on2)c1. The summed E-state index contributed by atoms with van der Waals surface area (Å²) >= 11 is 0. The Labute approximate surface area is 123 Å². The van der Waals surface area contributed by atoms with Gasteiger partial charge >= 0.3 is 5.97 Å². The van der Waals surface area contributed by atoms with Gasteiger partial charge in [-0.15, -0.1) is 0 Å². The van der Waals surface area contributed by atoms with Gasteiger partial charge in [-0.25, -0.2) is 4.79 Å². The highest BCUT2D eigenvalue weighted by Gasteiger charge is 2.22. The molecule has 0 aliphatic carbocycles. The lowest BCUT2D eigenvalue weighted by Gasteiger charge is -2.24. The number of methoxy groups -OCH3 is 1. The summed E-state index contributed by atoms with van der Waals surface area (Å²) in [5.74, 6) is -0.694. The largest absolute Gasteiger partial charge is 0.496 e. The van der Waals surface area contributed by atoms with Crippen molar-refractivity contribution in [3.05, 3.63) is 35.6 Å². The third-order valence-corrected chi connectivity index (χ3v) is 3.86. The molecule has 5 nitrogen and oxygen atoms in total. The summed E-state index contributed by atoms with van der Waals surface area (Å²) < 4.78 is 10.2. The third kappa shape index (κ3) is 2.91. The molecule has 0 saturated heterocycles. The number of carboxylic acids is 1. The summed E-state index contributed by atoms with van der Waals surface area (Å²) in [5.41, 5.74) is 2.34. The Morgan fingerprint density at radius 1 is 1.38 bits per heavy atom. The molecular weight excluding hydrogens is 270 g/mol. The van der Waals surface area contributed by atoms with Crippen LogP contribution in [0.2, 0.25) is 0 Å². The molecule has 0 aliphatic heterocycles. The molecule has 1 aromatic heterocycles. The minimum Gasteiger partial charge on any atom is -0.496 e. The fraction of sp³-hybridized carbons (Fsp3) is 0.375. The maximum Gasteiger partial charge on any atom is 0.374 e. The fourth-order valence-electron chi connectivity index (χ4n) is 2.04. The van der Waals surface area contributed by atoms with Crippen molar-refractivity contribution in [3.63, 3.8) is 0 Å². The number of benzene rings is 1. The zero-order valence-electron chi connectivity index (χ0n) is 12.6. The van der Waals surface area contributed by atoms with Crippen LogP contribution in [-0.2, 0) is 5.41 Å². The van der Waals surface area contributed by atoms with Crippen LogP contribution in [0.3, 0.4) is 0 Å². The molecule has 21 heavy (non-hydrogen) atoms. The molecule has 1 heterocycles. The lowest BCUT2D eigenvalue weighted by atomic mass is 9.81. The molecule has 5 heteroatoms. The van der Waals surface area contributed by atoms with Gasteiger partial charge in [-0.1, -0.05) is 32.0 Å². The molecule has 0 amide bonds. The number of aromatic nitrogens is 1. The number of rotatable bonds is 5. The number of aromatic carboxylic acids is 1. The average Bonchev–Trinajstić information content (AvgIpc) is 2.96. The smallest absolute Gasteiger partial charge is 0.374 e. The molecule has 1 N–H and O–H groups in total. The van der Waals surface area contributed by atoms with Gasteiger partial charge in [0, 0.05) is 11.6 Å². The van der Waals surface area contributed by atoms with Crippen LogP contribution in [0.5, 0.6) is 5.75 Å². The molecular formula is C16H19NO4. The molecule has 0 fully saturated rings. The van der Waals surface area contributed by atoms with Crippen molar-refractivity contribution in [2.45, 2.75) is 32.6 Å². The molecule has 0 radical (unpaired) electrons. The molecule has 112 valence electrons. The monoisotopic (exact) mass is 289 g/mol. The lowest BCUT2D eigenvalue weighted by molar-refractivity contribution is 0.0652. The molecule has 1 aromatic carbocycles. The zero-order valence-corrected chi connectivity index (χ0v) is 12.6. The molecule has 0 aliphatic rings. The highest BCUT2D eigenvalue weighted by atomic mass is 16.5. The van der Waals surface area contributed by atoms with Crippen molar-refractivity contribution in [3.8, 4) is 17.0 Å². The van der Waals surface area contributed by atoms with E-state index >= 15 is 0 Å². The van der Waals surface area contributed by atoms with Gasteiger partial charge in [-0.05, 0) is 29.5 Å². The van der Waals surface area contributed by atoms with Crippen LogP contribution in [0.15, 0.2) is 28.8 Å². The van der Waals surface area contributed by atoms with Crippen LogP contribution in [0.1, 0.15) is 43.3 Å². The van der Waals surface area contributed by atoms with E-state index in [1.807, 2.05) is 18.2 Å². The van der Waals surface area contributed by atoms with Crippen molar-refractivity contribution >= 4 is 5.97 Å². The van der Waals surface area contributed by atoms with Gasteiger partial charge in [0.2, 0.25) is 5.76 Å². The Morgan fingerprint density at radius 2 is 2.10 bits per heavy atom. The van der Waals surface area contributed by atoms with Crippen molar-refractivity contribution < 1.29 is 19.2 Å². The van der Waals surface area contributed by atoms with Gasteiger partial charge in [0.1, 0.15) is 11.4 Å². The van der Waals surface area contributed by atoms with Gasteiger partial charge in [-0.2, -0.15) is 0 Å². The maximum atomic E-state index is 10.9. The van der Waals surface area contributed by atoms with Gasteiger partial charge in [0.15, 0.2) is 0 Å². The number of carbonyl (C=O) groups is 1.